The Morgan fingerprint density at radius 1 is 1.33 bits per heavy atom. The third kappa shape index (κ3) is 2.43. The largest absolute Gasteiger partial charge is 0.387 e. The van der Waals surface area contributed by atoms with E-state index in [1.807, 2.05) is 6.07 Å². The molecule has 0 aliphatic carbocycles. The lowest BCUT2D eigenvalue weighted by molar-refractivity contribution is 0.0869. The van der Waals surface area contributed by atoms with E-state index in [1.54, 1.807) is 32.0 Å². The molecule has 0 aliphatic heterocycles. The molecule has 0 aromatic heterocycles. The molecular formula is C11H11Cl2NO. The van der Waals surface area contributed by atoms with Crippen LogP contribution in [0.5, 0.6) is 0 Å². The Kier molecular flexibility index (Phi) is 3.62. The Morgan fingerprint density at radius 3 is 2.20 bits per heavy atom. The quantitative estimate of drug-likeness (QED) is 0.864. The summed E-state index contributed by atoms with van der Waals surface area (Å²) in [6.07, 6.45) is -0.997. The highest BCUT2D eigenvalue weighted by Crippen LogP contribution is 2.39. The van der Waals surface area contributed by atoms with Crippen molar-refractivity contribution in [3.63, 3.8) is 0 Å². The fourth-order valence-electron chi connectivity index (χ4n) is 1.19. The predicted molar refractivity (Wildman–Crippen MR) is 60.8 cm³/mol. The Hall–Kier alpha value is -0.750. The molecule has 0 spiro atoms. The third-order valence-electron chi connectivity index (χ3n) is 2.24. The van der Waals surface area contributed by atoms with Crippen molar-refractivity contribution in [1.82, 2.24) is 0 Å². The van der Waals surface area contributed by atoms with Crippen LogP contribution >= 0.6 is 23.2 Å². The molecule has 1 unspecified atom stereocenters. The minimum absolute atomic E-state index is 0.373. The Morgan fingerprint density at radius 2 is 1.80 bits per heavy atom. The molecule has 0 bridgehead atoms. The maximum absolute atomic E-state index is 10.0. The van der Waals surface area contributed by atoms with Crippen molar-refractivity contribution >= 4 is 23.2 Å². The van der Waals surface area contributed by atoms with Crippen molar-refractivity contribution in [2.75, 3.05) is 0 Å². The monoisotopic (exact) mass is 243 g/mol. The van der Waals surface area contributed by atoms with E-state index in [-0.39, 0.29) is 0 Å². The van der Waals surface area contributed by atoms with Crippen LogP contribution in [0.15, 0.2) is 18.2 Å². The molecular weight excluding hydrogens is 233 g/mol. The predicted octanol–water partition coefficient (Wildman–Crippen LogP) is 3.58. The second kappa shape index (κ2) is 4.40. The van der Waals surface area contributed by atoms with Gasteiger partial charge in [-0.25, -0.2) is 0 Å². The second-order valence-electron chi connectivity index (χ2n) is 3.87. The van der Waals surface area contributed by atoms with Crippen LogP contribution in [0.1, 0.15) is 25.5 Å². The lowest BCUT2D eigenvalue weighted by Crippen LogP contribution is -2.20. The number of nitriles is 1. The second-order valence-corrected chi connectivity index (χ2v) is 4.69. The molecule has 0 saturated carbocycles. The van der Waals surface area contributed by atoms with E-state index in [2.05, 4.69) is 0 Å². The minimum Gasteiger partial charge on any atom is -0.387 e. The van der Waals surface area contributed by atoms with E-state index < -0.39 is 11.5 Å². The van der Waals surface area contributed by atoms with Gasteiger partial charge >= 0.3 is 0 Å². The van der Waals surface area contributed by atoms with Crippen molar-refractivity contribution in [3.8, 4) is 6.07 Å². The van der Waals surface area contributed by atoms with Crippen molar-refractivity contribution in [2.45, 2.75) is 20.0 Å². The molecule has 1 N–H and O–H groups in total. The molecule has 0 saturated heterocycles. The summed E-state index contributed by atoms with van der Waals surface area (Å²) in [6.45, 7) is 3.27. The summed E-state index contributed by atoms with van der Waals surface area (Å²) in [6, 6.07) is 7.00. The normalized spacial score (nSPS) is 13.3. The number of nitrogens with zero attached hydrogens (tertiary/aromatic N) is 1. The molecule has 2 nitrogen and oxygen atoms in total. The highest BCUT2D eigenvalue weighted by atomic mass is 35.5. The van der Waals surface area contributed by atoms with Gasteiger partial charge in [0.25, 0.3) is 0 Å². The van der Waals surface area contributed by atoms with E-state index in [0.29, 0.717) is 15.6 Å². The maximum Gasteiger partial charge on any atom is 0.0999 e. The third-order valence-corrected chi connectivity index (χ3v) is 2.90. The van der Waals surface area contributed by atoms with Gasteiger partial charge in [0.15, 0.2) is 0 Å². The van der Waals surface area contributed by atoms with Crippen LogP contribution in [0.4, 0.5) is 0 Å². The van der Waals surface area contributed by atoms with Crippen LogP contribution < -0.4 is 0 Å². The zero-order chi connectivity index (χ0) is 11.6. The SMILES string of the molecule is CC(C)(C#N)C(O)c1c(Cl)cccc1Cl. The first kappa shape index (κ1) is 12.3. The Balaban J connectivity index is 3.24. The van der Waals surface area contributed by atoms with E-state index >= 15 is 0 Å². The number of aliphatic hydroxyl groups is 1. The van der Waals surface area contributed by atoms with Gasteiger partial charge < -0.3 is 5.11 Å². The van der Waals surface area contributed by atoms with E-state index in [4.69, 9.17) is 28.5 Å². The van der Waals surface area contributed by atoms with Gasteiger partial charge in [0, 0.05) is 15.6 Å². The summed E-state index contributed by atoms with van der Waals surface area (Å²) >= 11 is 11.9. The van der Waals surface area contributed by atoms with Crippen molar-refractivity contribution < 1.29 is 5.11 Å². The van der Waals surface area contributed by atoms with Gasteiger partial charge in [-0.1, -0.05) is 29.3 Å². The highest BCUT2D eigenvalue weighted by molar-refractivity contribution is 6.36. The summed E-state index contributed by atoms with van der Waals surface area (Å²) in [5.41, 5.74) is -0.512. The zero-order valence-corrected chi connectivity index (χ0v) is 9.97. The first-order chi connectivity index (χ1) is 6.90. The number of hydrogen-bond acceptors (Lipinski definition) is 2. The summed E-state index contributed by atoms with van der Waals surface area (Å²) in [5, 5.41) is 19.7. The summed E-state index contributed by atoms with van der Waals surface area (Å²) in [7, 11) is 0. The van der Waals surface area contributed by atoms with Crippen LogP contribution in [-0.2, 0) is 0 Å². The van der Waals surface area contributed by atoms with Gasteiger partial charge in [0.1, 0.15) is 0 Å². The molecule has 4 heteroatoms. The van der Waals surface area contributed by atoms with E-state index in [9.17, 15) is 5.11 Å². The van der Waals surface area contributed by atoms with Gasteiger partial charge in [-0.05, 0) is 26.0 Å². The number of aliphatic hydroxyl groups excluding tert-OH is 1. The Labute approximate surface area is 99.0 Å². The fourth-order valence-corrected chi connectivity index (χ4v) is 1.80. The molecule has 1 aromatic carbocycles. The van der Waals surface area contributed by atoms with Crippen molar-refractivity contribution in [1.29, 1.82) is 5.26 Å². The molecule has 80 valence electrons. The number of rotatable bonds is 2. The summed E-state index contributed by atoms with van der Waals surface area (Å²) in [4.78, 5) is 0. The number of halogens is 2. The van der Waals surface area contributed by atoms with Crippen molar-refractivity contribution in [2.24, 2.45) is 5.41 Å². The topological polar surface area (TPSA) is 44.0 Å². The van der Waals surface area contributed by atoms with Crippen LogP contribution in [0, 0.1) is 16.7 Å². The fraction of sp³-hybridized carbons (Fsp3) is 0.364. The summed E-state index contributed by atoms with van der Waals surface area (Å²) in [5.74, 6) is 0. The molecule has 0 radical (unpaired) electrons. The molecule has 1 atom stereocenters. The Bertz CT molecular complexity index is 389. The van der Waals surface area contributed by atoms with Crippen LogP contribution in [0.2, 0.25) is 10.0 Å². The van der Waals surface area contributed by atoms with Gasteiger partial charge in [0.05, 0.1) is 17.6 Å². The lowest BCUT2D eigenvalue weighted by Gasteiger charge is -2.24. The van der Waals surface area contributed by atoms with E-state index in [1.165, 1.54) is 0 Å². The molecule has 1 rings (SSSR count). The molecule has 0 aliphatic rings. The van der Waals surface area contributed by atoms with Crippen LogP contribution in [0.3, 0.4) is 0 Å². The molecule has 15 heavy (non-hydrogen) atoms. The highest BCUT2D eigenvalue weighted by Gasteiger charge is 2.31. The summed E-state index contributed by atoms with van der Waals surface area (Å²) < 4.78 is 0. The average molecular weight is 244 g/mol. The maximum atomic E-state index is 10.0. The average Bonchev–Trinajstić information content (AvgIpc) is 2.17. The molecule has 0 heterocycles. The molecule has 0 amide bonds. The number of benzene rings is 1. The van der Waals surface area contributed by atoms with E-state index in [0.717, 1.165) is 0 Å². The zero-order valence-electron chi connectivity index (χ0n) is 8.46. The minimum atomic E-state index is -0.997. The van der Waals surface area contributed by atoms with Gasteiger partial charge in [-0.3, -0.25) is 0 Å². The lowest BCUT2D eigenvalue weighted by atomic mass is 9.84. The molecule has 0 fully saturated rings. The van der Waals surface area contributed by atoms with Gasteiger partial charge in [-0.15, -0.1) is 0 Å². The molecule has 1 aromatic rings. The first-order valence-corrected chi connectivity index (χ1v) is 5.19. The van der Waals surface area contributed by atoms with Crippen LogP contribution in [0.25, 0.3) is 0 Å². The van der Waals surface area contributed by atoms with Crippen molar-refractivity contribution in [3.05, 3.63) is 33.8 Å². The van der Waals surface area contributed by atoms with Gasteiger partial charge in [-0.2, -0.15) is 5.26 Å². The first-order valence-electron chi connectivity index (χ1n) is 4.43. The standard InChI is InChI=1S/C11H11Cl2NO/c1-11(2,6-14)10(15)9-7(12)4-3-5-8(9)13/h3-5,10,15H,1-2H3. The smallest absolute Gasteiger partial charge is 0.0999 e. The number of hydrogen-bond donors (Lipinski definition) is 1. The van der Waals surface area contributed by atoms with Crippen LogP contribution in [-0.4, -0.2) is 5.11 Å². The van der Waals surface area contributed by atoms with Gasteiger partial charge in [0.2, 0.25) is 0 Å².